The summed E-state index contributed by atoms with van der Waals surface area (Å²) in [6.07, 6.45) is 13.8. The number of ketones is 1. The maximum atomic E-state index is 13.2. The zero-order valence-electron chi connectivity index (χ0n) is 26.3. The van der Waals surface area contributed by atoms with Crippen molar-refractivity contribution >= 4 is 11.8 Å². The number of aliphatic hydroxyl groups is 3. The van der Waals surface area contributed by atoms with Crippen LogP contribution in [0, 0.1) is 33.5 Å². The van der Waals surface area contributed by atoms with E-state index in [1.807, 2.05) is 6.92 Å². The molecule has 2 amide bonds. The second-order valence-electron chi connectivity index (χ2n) is 15.9. The molecule has 0 bridgehead atoms. The second-order valence-corrected chi connectivity index (χ2v) is 15.9. The highest BCUT2D eigenvalue weighted by atomic mass is 16.3. The van der Waals surface area contributed by atoms with Crippen LogP contribution >= 0.6 is 0 Å². The molecule has 0 spiro atoms. The van der Waals surface area contributed by atoms with Crippen molar-refractivity contribution in [2.45, 2.75) is 117 Å². The molecule has 0 unspecified atom stereocenters. The number of hydrogen-bond acceptors (Lipinski definition) is 5. The summed E-state index contributed by atoms with van der Waals surface area (Å²) in [5.41, 5.74) is 3.71. The lowest BCUT2D eigenvalue weighted by Crippen LogP contribution is -2.65. The lowest BCUT2D eigenvalue weighted by molar-refractivity contribution is -0.152. The molecule has 6 aliphatic carbocycles. The summed E-state index contributed by atoms with van der Waals surface area (Å²) in [6, 6.07) is -0.302. The summed E-state index contributed by atoms with van der Waals surface area (Å²) < 4.78 is 0. The SMILES string of the molecule is CC1=C(O)C(=O)C=C2C1=CC=C1[C@@]2(C)CC[C@@]2(C)[C@@H]3C[C@](C)(NC(=O)N[C@H]4C[C@H](CO)[C@H](O)C4)CC[C@]3(C)CC[C@]12C. The van der Waals surface area contributed by atoms with Crippen molar-refractivity contribution < 1.29 is 24.9 Å². The number of allylic oxidation sites excluding steroid dienone is 7. The fourth-order valence-electron chi connectivity index (χ4n) is 10.5. The summed E-state index contributed by atoms with van der Waals surface area (Å²) in [5, 5.41) is 36.6. The van der Waals surface area contributed by atoms with Gasteiger partial charge in [-0.1, -0.05) is 45.4 Å². The molecule has 42 heavy (non-hydrogen) atoms. The van der Waals surface area contributed by atoms with Gasteiger partial charge in [-0.2, -0.15) is 0 Å². The Bertz CT molecular complexity index is 1340. The summed E-state index contributed by atoms with van der Waals surface area (Å²) in [6.45, 7) is 13.7. The third-order valence-electron chi connectivity index (χ3n) is 13.5. The van der Waals surface area contributed by atoms with Crippen LogP contribution in [0.4, 0.5) is 4.79 Å². The van der Waals surface area contributed by atoms with E-state index in [4.69, 9.17) is 0 Å². The smallest absolute Gasteiger partial charge is 0.315 e. The van der Waals surface area contributed by atoms with Crippen molar-refractivity contribution in [3.8, 4) is 0 Å². The highest BCUT2D eigenvalue weighted by molar-refractivity contribution is 6.06. The summed E-state index contributed by atoms with van der Waals surface area (Å²) in [7, 11) is 0. The molecule has 0 aromatic rings. The Morgan fingerprint density at radius 1 is 1.00 bits per heavy atom. The Kier molecular flexibility index (Phi) is 6.75. The van der Waals surface area contributed by atoms with Gasteiger partial charge in [0.2, 0.25) is 5.78 Å². The van der Waals surface area contributed by atoms with Gasteiger partial charge in [0.25, 0.3) is 0 Å². The second kappa shape index (κ2) is 9.56. The Morgan fingerprint density at radius 2 is 1.71 bits per heavy atom. The Morgan fingerprint density at radius 3 is 2.40 bits per heavy atom. The van der Waals surface area contributed by atoms with Crippen molar-refractivity contribution in [2.75, 3.05) is 6.61 Å². The first-order chi connectivity index (χ1) is 19.6. The first-order valence-corrected chi connectivity index (χ1v) is 16.1. The van der Waals surface area contributed by atoms with Gasteiger partial charge in [0.15, 0.2) is 5.76 Å². The van der Waals surface area contributed by atoms with Crippen molar-refractivity contribution in [1.29, 1.82) is 0 Å². The Hall–Kier alpha value is -2.38. The van der Waals surface area contributed by atoms with Gasteiger partial charge in [-0.15, -0.1) is 0 Å². The Balaban J connectivity index is 1.28. The fraction of sp³-hybridized carbons (Fsp3) is 0.714. The molecule has 230 valence electrons. The number of fused-ring (bicyclic) bond motifs is 7. The minimum Gasteiger partial charge on any atom is -0.504 e. The first-order valence-electron chi connectivity index (χ1n) is 16.1. The van der Waals surface area contributed by atoms with Crippen LogP contribution in [-0.2, 0) is 4.79 Å². The van der Waals surface area contributed by atoms with Crippen molar-refractivity contribution in [3.05, 3.63) is 46.3 Å². The lowest BCUT2D eigenvalue weighted by atomic mass is 9.35. The number of carbonyl (C=O) groups is 2. The number of hydrogen-bond donors (Lipinski definition) is 5. The van der Waals surface area contributed by atoms with Crippen LogP contribution in [0.15, 0.2) is 46.3 Å². The molecule has 0 aromatic carbocycles. The number of nitrogens with one attached hydrogen (secondary N) is 2. The van der Waals surface area contributed by atoms with Gasteiger partial charge in [-0.3, -0.25) is 4.79 Å². The van der Waals surface area contributed by atoms with E-state index in [0.717, 1.165) is 56.1 Å². The van der Waals surface area contributed by atoms with Crippen molar-refractivity contribution in [1.82, 2.24) is 10.6 Å². The van der Waals surface area contributed by atoms with E-state index in [1.54, 1.807) is 6.08 Å². The van der Waals surface area contributed by atoms with E-state index in [-0.39, 0.29) is 63.3 Å². The third-order valence-corrected chi connectivity index (χ3v) is 13.5. The van der Waals surface area contributed by atoms with Gasteiger partial charge in [0, 0.05) is 35.1 Å². The van der Waals surface area contributed by atoms with Crippen LogP contribution in [0.5, 0.6) is 0 Å². The average molecular weight is 579 g/mol. The predicted octanol–water partition coefficient (Wildman–Crippen LogP) is 5.80. The number of rotatable bonds is 3. The standard InChI is InChI=1S/C35H50N2O5/c1-20-23-7-8-27-33(4,24(23)17-26(40)29(20)41)12-14-35(6)28-18-32(3,11-9-31(28,2)10-13-34(27,35)5)37-30(42)36-22-15-21(19-38)25(39)16-22/h7-8,17,21-22,25,28,38-39,41H,9-16,18-19H2,1-6H3,(H2,36,37,42)/t21-,22+,25-,28-,31-,32-,33+,34-,35+/m1/s1. The average Bonchev–Trinajstić information content (AvgIpc) is 3.28. The van der Waals surface area contributed by atoms with Gasteiger partial charge in [-0.05, 0) is 111 Å². The number of urea groups is 1. The monoisotopic (exact) mass is 578 g/mol. The topological polar surface area (TPSA) is 119 Å². The minimum absolute atomic E-state index is 0.0205. The van der Waals surface area contributed by atoms with Crippen LogP contribution < -0.4 is 10.6 Å². The molecule has 5 N–H and O–H groups in total. The minimum atomic E-state index is -0.573. The number of amides is 2. The van der Waals surface area contributed by atoms with Crippen LogP contribution in [-0.4, -0.2) is 51.4 Å². The summed E-state index contributed by atoms with van der Waals surface area (Å²) >= 11 is 0. The quantitative estimate of drug-likeness (QED) is 0.290. The fourth-order valence-corrected chi connectivity index (χ4v) is 10.5. The van der Waals surface area contributed by atoms with Crippen molar-refractivity contribution in [2.24, 2.45) is 33.5 Å². The molecule has 0 saturated heterocycles. The number of aliphatic hydroxyl groups excluding tert-OH is 3. The molecule has 7 nitrogen and oxygen atoms in total. The molecule has 0 aromatic heterocycles. The van der Waals surface area contributed by atoms with E-state index in [0.29, 0.717) is 24.3 Å². The molecule has 0 radical (unpaired) electrons. The van der Waals surface area contributed by atoms with Crippen molar-refractivity contribution in [3.63, 3.8) is 0 Å². The van der Waals surface area contributed by atoms with E-state index < -0.39 is 6.10 Å². The first kappa shape index (κ1) is 29.7. The molecular formula is C35H50N2O5. The summed E-state index contributed by atoms with van der Waals surface area (Å²) in [5.74, 6) is -0.186. The van der Waals surface area contributed by atoms with E-state index in [1.165, 1.54) is 5.57 Å². The zero-order chi connectivity index (χ0) is 30.5. The maximum absolute atomic E-state index is 13.2. The largest absolute Gasteiger partial charge is 0.504 e. The van der Waals surface area contributed by atoms with Gasteiger partial charge in [0.05, 0.1) is 6.10 Å². The van der Waals surface area contributed by atoms with Gasteiger partial charge >= 0.3 is 6.03 Å². The normalized spacial score (nSPS) is 46.4. The maximum Gasteiger partial charge on any atom is 0.315 e. The molecule has 6 aliphatic rings. The van der Waals surface area contributed by atoms with E-state index in [9.17, 15) is 24.9 Å². The van der Waals surface area contributed by atoms with Crippen LogP contribution in [0.2, 0.25) is 0 Å². The molecule has 6 rings (SSSR count). The molecule has 7 heteroatoms. The van der Waals surface area contributed by atoms with Crippen LogP contribution in [0.3, 0.4) is 0 Å². The van der Waals surface area contributed by atoms with Gasteiger partial charge in [-0.25, -0.2) is 4.79 Å². The lowest BCUT2D eigenvalue weighted by Gasteiger charge is -2.70. The Labute approximate surface area is 250 Å². The molecular weight excluding hydrogens is 528 g/mol. The highest BCUT2D eigenvalue weighted by Gasteiger charge is 2.66. The van der Waals surface area contributed by atoms with Gasteiger partial charge in [0.1, 0.15) is 0 Å². The zero-order valence-corrected chi connectivity index (χ0v) is 26.3. The van der Waals surface area contributed by atoms with Crippen LogP contribution in [0.1, 0.15) is 99.3 Å². The van der Waals surface area contributed by atoms with Crippen LogP contribution in [0.25, 0.3) is 0 Å². The molecule has 4 saturated carbocycles. The molecule has 9 atom stereocenters. The number of carbonyl (C=O) groups excluding carboxylic acids is 2. The highest BCUT2D eigenvalue weighted by Crippen LogP contribution is 2.75. The third kappa shape index (κ3) is 4.12. The molecule has 0 heterocycles. The molecule has 0 aliphatic heterocycles. The van der Waals surface area contributed by atoms with Gasteiger partial charge < -0.3 is 26.0 Å². The predicted molar refractivity (Wildman–Crippen MR) is 162 cm³/mol. The van der Waals surface area contributed by atoms with E-state index >= 15 is 0 Å². The molecule has 4 fully saturated rings. The van der Waals surface area contributed by atoms with E-state index in [2.05, 4.69) is 57.4 Å². The summed E-state index contributed by atoms with van der Waals surface area (Å²) in [4.78, 5) is 26.0.